The van der Waals surface area contributed by atoms with Crippen molar-refractivity contribution in [3.05, 3.63) is 27.7 Å². The molecule has 0 aliphatic rings. The van der Waals surface area contributed by atoms with Crippen molar-refractivity contribution in [2.75, 3.05) is 13.7 Å². The molecule has 0 saturated carbocycles. The maximum atomic E-state index is 8.75. The Kier molecular flexibility index (Phi) is 4.42. The lowest BCUT2D eigenvalue weighted by Crippen LogP contribution is -1.94. The van der Waals surface area contributed by atoms with E-state index in [1.807, 2.05) is 19.1 Å². The minimum absolute atomic E-state index is 0.225. The van der Waals surface area contributed by atoms with Crippen LogP contribution in [0, 0.1) is 6.92 Å². The zero-order chi connectivity index (χ0) is 10.6. The summed E-state index contributed by atoms with van der Waals surface area (Å²) in [5.41, 5.74) is 2.30. The second kappa shape index (κ2) is 5.37. The van der Waals surface area contributed by atoms with Gasteiger partial charge < -0.3 is 9.84 Å². The SMILES string of the molecule is COc1cc(CCCO)c(Br)cc1C. The third kappa shape index (κ3) is 2.72. The van der Waals surface area contributed by atoms with Gasteiger partial charge in [-0.25, -0.2) is 0 Å². The number of hydrogen-bond donors (Lipinski definition) is 1. The van der Waals surface area contributed by atoms with Crippen molar-refractivity contribution in [1.29, 1.82) is 0 Å². The lowest BCUT2D eigenvalue weighted by Gasteiger charge is -2.09. The smallest absolute Gasteiger partial charge is 0.122 e. The number of aryl methyl sites for hydroxylation is 2. The van der Waals surface area contributed by atoms with E-state index in [0.29, 0.717) is 0 Å². The van der Waals surface area contributed by atoms with Gasteiger partial charge in [-0.2, -0.15) is 0 Å². The van der Waals surface area contributed by atoms with Gasteiger partial charge in [-0.15, -0.1) is 0 Å². The highest BCUT2D eigenvalue weighted by atomic mass is 79.9. The summed E-state index contributed by atoms with van der Waals surface area (Å²) >= 11 is 3.50. The molecule has 0 aromatic heterocycles. The zero-order valence-corrected chi connectivity index (χ0v) is 10.1. The molecule has 0 bridgehead atoms. The Morgan fingerprint density at radius 3 is 2.71 bits per heavy atom. The number of rotatable bonds is 4. The number of aliphatic hydroxyl groups is 1. The first-order valence-electron chi connectivity index (χ1n) is 4.63. The fourth-order valence-corrected chi connectivity index (χ4v) is 2.03. The Balaban J connectivity index is 2.92. The molecule has 0 spiro atoms. The zero-order valence-electron chi connectivity index (χ0n) is 8.51. The van der Waals surface area contributed by atoms with Crippen LogP contribution in [0.3, 0.4) is 0 Å². The van der Waals surface area contributed by atoms with E-state index in [1.165, 1.54) is 5.56 Å². The lowest BCUT2D eigenvalue weighted by atomic mass is 10.1. The van der Waals surface area contributed by atoms with Crippen LogP contribution in [0.5, 0.6) is 5.75 Å². The molecule has 3 heteroatoms. The van der Waals surface area contributed by atoms with Gasteiger partial charge in [0.1, 0.15) is 5.75 Å². The average molecular weight is 259 g/mol. The molecule has 1 N–H and O–H groups in total. The van der Waals surface area contributed by atoms with Gasteiger partial charge in [-0.3, -0.25) is 0 Å². The Hall–Kier alpha value is -0.540. The molecule has 1 aromatic rings. The minimum atomic E-state index is 0.225. The van der Waals surface area contributed by atoms with Crippen molar-refractivity contribution >= 4 is 15.9 Å². The molecular weight excluding hydrogens is 244 g/mol. The van der Waals surface area contributed by atoms with Crippen molar-refractivity contribution in [3.8, 4) is 5.75 Å². The van der Waals surface area contributed by atoms with Crippen LogP contribution < -0.4 is 4.74 Å². The summed E-state index contributed by atoms with van der Waals surface area (Å²) in [4.78, 5) is 0. The Bertz CT molecular complexity index is 310. The predicted molar refractivity (Wildman–Crippen MR) is 60.8 cm³/mol. The quantitative estimate of drug-likeness (QED) is 0.900. The van der Waals surface area contributed by atoms with Crippen LogP contribution in [0.25, 0.3) is 0 Å². The summed E-state index contributed by atoms with van der Waals surface area (Å²) in [5, 5.41) is 8.75. The van der Waals surface area contributed by atoms with Gasteiger partial charge >= 0.3 is 0 Å². The lowest BCUT2D eigenvalue weighted by molar-refractivity contribution is 0.288. The summed E-state index contributed by atoms with van der Waals surface area (Å²) in [6.45, 7) is 2.24. The van der Waals surface area contributed by atoms with E-state index in [9.17, 15) is 0 Å². The first kappa shape index (κ1) is 11.5. The van der Waals surface area contributed by atoms with Crippen LogP contribution >= 0.6 is 15.9 Å². The van der Waals surface area contributed by atoms with Gasteiger partial charge in [0.25, 0.3) is 0 Å². The molecule has 2 nitrogen and oxygen atoms in total. The average Bonchev–Trinajstić information content (AvgIpc) is 2.17. The van der Waals surface area contributed by atoms with Gasteiger partial charge in [0, 0.05) is 11.1 Å². The number of ether oxygens (including phenoxy) is 1. The molecular formula is C11H15BrO2. The number of benzene rings is 1. The molecule has 0 saturated heterocycles. The van der Waals surface area contributed by atoms with E-state index in [4.69, 9.17) is 9.84 Å². The molecule has 1 rings (SSSR count). The molecule has 0 heterocycles. The number of hydrogen-bond acceptors (Lipinski definition) is 2. The Labute approximate surface area is 93.0 Å². The van der Waals surface area contributed by atoms with Crippen molar-refractivity contribution in [2.45, 2.75) is 19.8 Å². The molecule has 0 unspecified atom stereocenters. The van der Waals surface area contributed by atoms with Crippen LogP contribution in [0.1, 0.15) is 17.5 Å². The summed E-state index contributed by atoms with van der Waals surface area (Å²) in [6, 6.07) is 4.07. The maximum absolute atomic E-state index is 8.75. The molecule has 0 amide bonds. The van der Waals surface area contributed by atoms with Gasteiger partial charge in [0.2, 0.25) is 0 Å². The molecule has 0 aliphatic carbocycles. The summed E-state index contributed by atoms with van der Waals surface area (Å²) in [6.07, 6.45) is 1.65. The number of halogens is 1. The fraction of sp³-hybridized carbons (Fsp3) is 0.455. The van der Waals surface area contributed by atoms with Crippen molar-refractivity contribution in [1.82, 2.24) is 0 Å². The molecule has 0 fully saturated rings. The normalized spacial score (nSPS) is 10.3. The minimum Gasteiger partial charge on any atom is -0.496 e. The van der Waals surface area contributed by atoms with Gasteiger partial charge in [0.05, 0.1) is 7.11 Å². The van der Waals surface area contributed by atoms with Crippen molar-refractivity contribution in [3.63, 3.8) is 0 Å². The van der Waals surface area contributed by atoms with Crippen LogP contribution in [-0.4, -0.2) is 18.8 Å². The van der Waals surface area contributed by atoms with Gasteiger partial charge in [-0.1, -0.05) is 15.9 Å². The van der Waals surface area contributed by atoms with Crippen LogP contribution in [-0.2, 0) is 6.42 Å². The van der Waals surface area contributed by atoms with E-state index in [1.54, 1.807) is 7.11 Å². The van der Waals surface area contributed by atoms with Crippen LogP contribution in [0.2, 0.25) is 0 Å². The van der Waals surface area contributed by atoms with E-state index in [0.717, 1.165) is 28.6 Å². The standard InChI is InChI=1S/C11H15BrO2/c1-8-6-10(12)9(4-3-5-13)7-11(8)14-2/h6-7,13H,3-5H2,1-2H3. The molecule has 1 aromatic carbocycles. The summed E-state index contributed by atoms with van der Waals surface area (Å²) < 4.78 is 6.32. The molecule has 0 aliphatic heterocycles. The summed E-state index contributed by atoms with van der Waals surface area (Å²) in [5.74, 6) is 0.904. The Morgan fingerprint density at radius 1 is 1.43 bits per heavy atom. The monoisotopic (exact) mass is 258 g/mol. The first-order valence-corrected chi connectivity index (χ1v) is 5.42. The molecule has 0 atom stereocenters. The molecule has 0 radical (unpaired) electrons. The number of methoxy groups -OCH3 is 1. The maximum Gasteiger partial charge on any atom is 0.122 e. The highest BCUT2D eigenvalue weighted by molar-refractivity contribution is 9.10. The topological polar surface area (TPSA) is 29.5 Å². The first-order chi connectivity index (χ1) is 6.69. The van der Waals surface area contributed by atoms with E-state index in [2.05, 4.69) is 15.9 Å². The summed E-state index contributed by atoms with van der Waals surface area (Å²) in [7, 11) is 1.67. The van der Waals surface area contributed by atoms with E-state index >= 15 is 0 Å². The highest BCUT2D eigenvalue weighted by Crippen LogP contribution is 2.27. The van der Waals surface area contributed by atoms with Crippen molar-refractivity contribution < 1.29 is 9.84 Å². The predicted octanol–water partition coefficient (Wildman–Crippen LogP) is 2.69. The highest BCUT2D eigenvalue weighted by Gasteiger charge is 2.05. The van der Waals surface area contributed by atoms with Crippen LogP contribution in [0.4, 0.5) is 0 Å². The van der Waals surface area contributed by atoms with E-state index in [-0.39, 0.29) is 6.61 Å². The third-order valence-electron chi connectivity index (χ3n) is 2.17. The second-order valence-corrected chi connectivity index (χ2v) is 4.09. The molecule has 78 valence electrons. The Morgan fingerprint density at radius 2 is 2.14 bits per heavy atom. The molecule has 14 heavy (non-hydrogen) atoms. The van der Waals surface area contributed by atoms with E-state index < -0.39 is 0 Å². The van der Waals surface area contributed by atoms with Crippen molar-refractivity contribution in [2.24, 2.45) is 0 Å². The third-order valence-corrected chi connectivity index (χ3v) is 2.91. The van der Waals surface area contributed by atoms with Gasteiger partial charge in [-0.05, 0) is 43.0 Å². The van der Waals surface area contributed by atoms with Gasteiger partial charge in [0.15, 0.2) is 0 Å². The number of aliphatic hydroxyl groups excluding tert-OH is 1. The fourth-order valence-electron chi connectivity index (χ4n) is 1.38. The largest absolute Gasteiger partial charge is 0.496 e. The van der Waals surface area contributed by atoms with Crippen LogP contribution in [0.15, 0.2) is 16.6 Å². The second-order valence-electron chi connectivity index (χ2n) is 3.24.